The van der Waals surface area contributed by atoms with Crippen LogP contribution in [0.4, 0.5) is 13.2 Å². The Kier molecular flexibility index (Phi) is 5.31. The molecule has 0 spiro atoms. The van der Waals surface area contributed by atoms with Gasteiger partial charge in [0, 0.05) is 19.3 Å². The number of hydrogen-bond donors (Lipinski definition) is 1. The van der Waals surface area contributed by atoms with Crippen LogP contribution in [0, 0.1) is 0 Å². The lowest BCUT2D eigenvalue weighted by atomic mass is 10.1. The molecule has 0 radical (unpaired) electrons. The maximum absolute atomic E-state index is 12.9. The Bertz CT molecular complexity index is 948. The zero-order chi connectivity index (χ0) is 20.4. The number of ether oxygens (including phenoxy) is 2. The summed E-state index contributed by atoms with van der Waals surface area (Å²) in [5, 5.41) is 0. The second kappa shape index (κ2) is 7.90. The molecule has 1 saturated heterocycles. The predicted molar refractivity (Wildman–Crippen MR) is 101 cm³/mol. The van der Waals surface area contributed by atoms with Crippen molar-refractivity contribution in [3.63, 3.8) is 0 Å². The number of hydrogen-bond acceptors (Lipinski definition) is 5. The van der Waals surface area contributed by atoms with Gasteiger partial charge in [-0.15, -0.1) is 0 Å². The van der Waals surface area contributed by atoms with E-state index in [0.29, 0.717) is 17.9 Å². The third-order valence-corrected chi connectivity index (χ3v) is 5.00. The average Bonchev–Trinajstić information content (AvgIpc) is 3.11. The number of H-pyrrole nitrogens is 1. The van der Waals surface area contributed by atoms with E-state index in [0.717, 1.165) is 49.4 Å². The number of imidazole rings is 1. The van der Waals surface area contributed by atoms with Crippen molar-refractivity contribution in [2.45, 2.75) is 31.7 Å². The maximum atomic E-state index is 12.9. The third kappa shape index (κ3) is 4.45. The van der Waals surface area contributed by atoms with Gasteiger partial charge in [-0.25, -0.2) is 9.97 Å². The normalized spacial score (nSPS) is 16.3. The van der Waals surface area contributed by atoms with Gasteiger partial charge in [0.05, 0.1) is 24.7 Å². The molecule has 1 fully saturated rings. The van der Waals surface area contributed by atoms with Gasteiger partial charge >= 0.3 is 6.18 Å². The summed E-state index contributed by atoms with van der Waals surface area (Å²) < 4.78 is 49.6. The molecule has 3 heterocycles. The van der Waals surface area contributed by atoms with E-state index in [4.69, 9.17) is 9.47 Å². The summed E-state index contributed by atoms with van der Waals surface area (Å²) in [5.74, 6) is 1.29. The second-order valence-corrected chi connectivity index (χ2v) is 7.01. The van der Waals surface area contributed by atoms with E-state index in [1.807, 2.05) is 12.1 Å². The van der Waals surface area contributed by atoms with E-state index in [9.17, 15) is 13.2 Å². The molecule has 4 rings (SSSR count). The standard InChI is InChI=1S/C20H21F3N4O2/c1-28-17-11-13(20(21,22)23)4-5-16(17)29-14-6-9-27(10-7-14)12-18-25-15-3-2-8-24-19(15)26-18/h2-5,8,11,14H,6-7,9-10,12H2,1H3,(H,24,25,26). The number of rotatable bonds is 5. The van der Waals surface area contributed by atoms with Crippen LogP contribution in [-0.2, 0) is 12.7 Å². The van der Waals surface area contributed by atoms with Crippen LogP contribution >= 0.6 is 0 Å². The van der Waals surface area contributed by atoms with E-state index < -0.39 is 11.7 Å². The smallest absolute Gasteiger partial charge is 0.416 e. The Hall–Kier alpha value is -2.81. The van der Waals surface area contributed by atoms with E-state index in [1.165, 1.54) is 13.2 Å². The highest BCUT2D eigenvalue weighted by Gasteiger charge is 2.32. The molecule has 154 valence electrons. The minimum Gasteiger partial charge on any atom is -0.493 e. The summed E-state index contributed by atoms with van der Waals surface area (Å²) in [6.45, 7) is 2.29. The molecule has 9 heteroatoms. The van der Waals surface area contributed by atoms with Crippen molar-refractivity contribution in [2.24, 2.45) is 0 Å². The SMILES string of the molecule is COc1cc(C(F)(F)F)ccc1OC1CCN(Cc2nc3ncccc3[nH]2)CC1. The zero-order valence-electron chi connectivity index (χ0n) is 15.9. The number of aromatic amines is 1. The molecule has 2 aromatic heterocycles. The molecular formula is C20H21F3N4O2. The van der Waals surface area contributed by atoms with Gasteiger partial charge in [0.1, 0.15) is 11.9 Å². The van der Waals surface area contributed by atoms with Gasteiger partial charge in [0.15, 0.2) is 17.1 Å². The monoisotopic (exact) mass is 406 g/mol. The van der Waals surface area contributed by atoms with Gasteiger partial charge in [-0.1, -0.05) is 0 Å². The third-order valence-electron chi connectivity index (χ3n) is 5.00. The lowest BCUT2D eigenvalue weighted by Crippen LogP contribution is -2.38. The fraction of sp³-hybridized carbons (Fsp3) is 0.400. The van der Waals surface area contributed by atoms with Crippen LogP contribution < -0.4 is 9.47 Å². The van der Waals surface area contributed by atoms with Crippen LogP contribution in [-0.4, -0.2) is 46.2 Å². The molecule has 0 unspecified atom stereocenters. The fourth-order valence-corrected chi connectivity index (χ4v) is 3.49. The van der Waals surface area contributed by atoms with Crippen LogP contribution in [0.5, 0.6) is 11.5 Å². The topological polar surface area (TPSA) is 63.3 Å². The van der Waals surface area contributed by atoms with E-state index in [2.05, 4.69) is 19.9 Å². The lowest BCUT2D eigenvalue weighted by Gasteiger charge is -2.31. The van der Waals surface area contributed by atoms with E-state index in [1.54, 1.807) is 6.20 Å². The summed E-state index contributed by atoms with van der Waals surface area (Å²) >= 11 is 0. The first-order chi connectivity index (χ1) is 13.9. The lowest BCUT2D eigenvalue weighted by molar-refractivity contribution is -0.137. The Morgan fingerprint density at radius 3 is 2.66 bits per heavy atom. The first kappa shape index (κ1) is 19.5. The van der Waals surface area contributed by atoms with Crippen molar-refractivity contribution in [1.82, 2.24) is 19.9 Å². The molecule has 29 heavy (non-hydrogen) atoms. The Labute approximate surface area is 165 Å². The Morgan fingerprint density at radius 1 is 1.17 bits per heavy atom. The predicted octanol–water partition coefficient (Wildman–Crippen LogP) is 4.03. The molecule has 0 bridgehead atoms. The Balaban J connectivity index is 1.35. The number of nitrogens with zero attached hydrogens (tertiary/aromatic N) is 3. The van der Waals surface area contributed by atoms with Gasteiger partial charge in [-0.05, 0) is 43.2 Å². The van der Waals surface area contributed by atoms with E-state index >= 15 is 0 Å². The summed E-state index contributed by atoms with van der Waals surface area (Å²) in [6, 6.07) is 7.12. The molecule has 3 aromatic rings. The molecule has 1 aromatic carbocycles. The number of halogens is 3. The summed E-state index contributed by atoms with van der Waals surface area (Å²) in [4.78, 5) is 14.3. The van der Waals surface area contributed by atoms with Gasteiger partial charge in [-0.3, -0.25) is 4.90 Å². The van der Waals surface area contributed by atoms with Crippen molar-refractivity contribution >= 4 is 11.2 Å². The molecule has 6 nitrogen and oxygen atoms in total. The van der Waals surface area contributed by atoms with Crippen LogP contribution in [0.2, 0.25) is 0 Å². The molecule has 1 N–H and O–H groups in total. The van der Waals surface area contributed by atoms with Gasteiger partial charge in [0.25, 0.3) is 0 Å². The zero-order valence-corrected chi connectivity index (χ0v) is 15.9. The number of benzene rings is 1. The quantitative estimate of drug-likeness (QED) is 0.693. The molecule has 0 aliphatic carbocycles. The minimum absolute atomic E-state index is 0.0748. The number of nitrogens with one attached hydrogen (secondary N) is 1. The maximum Gasteiger partial charge on any atom is 0.416 e. The van der Waals surface area contributed by atoms with Crippen LogP contribution in [0.25, 0.3) is 11.2 Å². The number of aromatic nitrogens is 3. The highest BCUT2D eigenvalue weighted by Crippen LogP contribution is 2.37. The molecular weight excluding hydrogens is 385 g/mol. The van der Waals surface area contributed by atoms with Crippen LogP contribution in [0.3, 0.4) is 0 Å². The van der Waals surface area contributed by atoms with Crippen molar-refractivity contribution in [3.05, 3.63) is 47.9 Å². The largest absolute Gasteiger partial charge is 0.493 e. The molecule has 1 aliphatic rings. The molecule has 1 aliphatic heterocycles. The Morgan fingerprint density at radius 2 is 1.97 bits per heavy atom. The highest BCUT2D eigenvalue weighted by molar-refractivity contribution is 5.69. The summed E-state index contributed by atoms with van der Waals surface area (Å²) in [7, 11) is 1.34. The van der Waals surface area contributed by atoms with Gasteiger partial charge < -0.3 is 14.5 Å². The van der Waals surface area contributed by atoms with Gasteiger partial charge in [0.2, 0.25) is 0 Å². The second-order valence-electron chi connectivity index (χ2n) is 7.01. The molecule has 0 amide bonds. The molecule has 0 saturated carbocycles. The van der Waals surface area contributed by atoms with Crippen LogP contribution in [0.1, 0.15) is 24.2 Å². The number of methoxy groups -OCH3 is 1. The van der Waals surface area contributed by atoms with Crippen molar-refractivity contribution < 1.29 is 22.6 Å². The highest BCUT2D eigenvalue weighted by atomic mass is 19.4. The first-order valence-electron chi connectivity index (χ1n) is 9.36. The van der Waals surface area contributed by atoms with Crippen molar-refractivity contribution in [1.29, 1.82) is 0 Å². The van der Waals surface area contributed by atoms with E-state index in [-0.39, 0.29) is 11.9 Å². The summed E-state index contributed by atoms with van der Waals surface area (Å²) in [6.07, 6.45) is -1.24. The number of likely N-dealkylation sites (tertiary alicyclic amines) is 1. The van der Waals surface area contributed by atoms with Crippen molar-refractivity contribution in [2.75, 3.05) is 20.2 Å². The average molecular weight is 406 g/mol. The number of alkyl halides is 3. The number of pyridine rings is 1. The summed E-state index contributed by atoms with van der Waals surface area (Å²) in [5.41, 5.74) is 0.863. The number of fused-ring (bicyclic) bond motifs is 1. The number of piperidine rings is 1. The van der Waals surface area contributed by atoms with Gasteiger partial charge in [-0.2, -0.15) is 13.2 Å². The minimum atomic E-state index is -4.41. The van der Waals surface area contributed by atoms with Crippen LogP contribution in [0.15, 0.2) is 36.5 Å². The fourth-order valence-electron chi connectivity index (χ4n) is 3.49. The molecule has 0 atom stereocenters. The van der Waals surface area contributed by atoms with Crippen molar-refractivity contribution in [3.8, 4) is 11.5 Å². The first-order valence-corrected chi connectivity index (χ1v) is 9.36.